The van der Waals surface area contributed by atoms with E-state index in [-0.39, 0.29) is 11.8 Å². The molecule has 5 heteroatoms. The van der Waals surface area contributed by atoms with E-state index >= 15 is 0 Å². The highest BCUT2D eigenvalue weighted by atomic mass is 32.2. The molecule has 4 nitrogen and oxygen atoms in total. The fraction of sp³-hybridized carbons (Fsp3) is 1.00. The summed E-state index contributed by atoms with van der Waals surface area (Å²) < 4.78 is 28.9. The van der Waals surface area contributed by atoms with Crippen LogP contribution < -0.4 is 0 Å². The van der Waals surface area contributed by atoms with Crippen molar-refractivity contribution in [3.8, 4) is 0 Å². The summed E-state index contributed by atoms with van der Waals surface area (Å²) in [5, 5.41) is 0. The quantitative estimate of drug-likeness (QED) is 0.593. The van der Waals surface area contributed by atoms with Crippen molar-refractivity contribution < 1.29 is 13.0 Å². The normalized spacial score (nSPS) is 15.7. The zero-order chi connectivity index (χ0) is 8.36. The van der Waals surface area contributed by atoms with Crippen molar-refractivity contribution in [1.82, 2.24) is 4.90 Å². The molecule has 10 heavy (non-hydrogen) atoms. The standard InChI is InChI=1S/C5H13NO3S/c1-5(6(2)3)4-10(7,8)9/h5H,4H2,1-3H3,(H,7,8,9). The van der Waals surface area contributed by atoms with Crippen LogP contribution in [0.25, 0.3) is 0 Å². The lowest BCUT2D eigenvalue weighted by atomic mass is 10.4. The molecule has 0 aromatic rings. The summed E-state index contributed by atoms with van der Waals surface area (Å²) in [6.07, 6.45) is 0. The maximum Gasteiger partial charge on any atom is 0.266 e. The molecule has 0 aliphatic heterocycles. The van der Waals surface area contributed by atoms with Crippen molar-refractivity contribution in [2.45, 2.75) is 13.0 Å². The second-order valence-corrected chi connectivity index (χ2v) is 4.06. The van der Waals surface area contributed by atoms with Gasteiger partial charge in [0.15, 0.2) is 0 Å². The van der Waals surface area contributed by atoms with Gasteiger partial charge in [-0.15, -0.1) is 0 Å². The Morgan fingerprint density at radius 2 is 1.90 bits per heavy atom. The van der Waals surface area contributed by atoms with Gasteiger partial charge in [0, 0.05) is 6.04 Å². The molecule has 0 radical (unpaired) electrons. The molecule has 0 fully saturated rings. The van der Waals surface area contributed by atoms with E-state index in [1.807, 2.05) is 0 Å². The predicted octanol–water partition coefficient (Wildman–Crippen LogP) is -0.176. The molecule has 0 aliphatic carbocycles. The first-order valence-electron chi connectivity index (χ1n) is 2.94. The molecule has 1 N–H and O–H groups in total. The second kappa shape index (κ2) is 3.32. The molecule has 0 aromatic carbocycles. The Labute approximate surface area is 61.6 Å². The van der Waals surface area contributed by atoms with Crippen LogP contribution in [0.3, 0.4) is 0 Å². The van der Waals surface area contributed by atoms with E-state index in [9.17, 15) is 8.42 Å². The Balaban J connectivity index is 3.93. The van der Waals surface area contributed by atoms with Crippen LogP contribution in [0.4, 0.5) is 0 Å². The molecule has 0 heterocycles. The Morgan fingerprint density at radius 1 is 1.50 bits per heavy atom. The average molecular weight is 167 g/mol. The van der Waals surface area contributed by atoms with Crippen LogP contribution in [0.1, 0.15) is 6.92 Å². The summed E-state index contributed by atoms with van der Waals surface area (Å²) in [7, 11) is -0.291. The largest absolute Gasteiger partial charge is 0.306 e. The molecule has 0 rings (SSSR count). The predicted molar refractivity (Wildman–Crippen MR) is 39.6 cm³/mol. The van der Waals surface area contributed by atoms with Crippen LogP contribution in [0.5, 0.6) is 0 Å². The maximum absolute atomic E-state index is 10.3. The van der Waals surface area contributed by atoms with E-state index < -0.39 is 10.1 Å². The van der Waals surface area contributed by atoms with Gasteiger partial charge in [-0.2, -0.15) is 8.42 Å². The van der Waals surface area contributed by atoms with E-state index in [0.717, 1.165) is 0 Å². The molecule has 0 aromatic heterocycles. The van der Waals surface area contributed by atoms with Gasteiger partial charge in [-0.25, -0.2) is 0 Å². The summed E-state index contributed by atoms with van der Waals surface area (Å²) in [5.41, 5.74) is 0. The van der Waals surface area contributed by atoms with Crippen LogP contribution in [0.2, 0.25) is 0 Å². The van der Waals surface area contributed by atoms with Gasteiger partial charge in [-0.3, -0.25) is 4.55 Å². The topological polar surface area (TPSA) is 57.6 Å². The number of hydrogen-bond donors (Lipinski definition) is 1. The Morgan fingerprint density at radius 3 is 2.00 bits per heavy atom. The van der Waals surface area contributed by atoms with Crippen molar-refractivity contribution in [1.29, 1.82) is 0 Å². The van der Waals surface area contributed by atoms with Crippen molar-refractivity contribution in [2.75, 3.05) is 19.8 Å². The molecule has 0 amide bonds. The van der Waals surface area contributed by atoms with Crippen LogP contribution in [0, 0.1) is 0 Å². The third kappa shape index (κ3) is 4.72. The second-order valence-electron chi connectivity index (χ2n) is 2.56. The third-order valence-corrected chi connectivity index (χ3v) is 2.24. The van der Waals surface area contributed by atoms with Crippen LogP contribution >= 0.6 is 0 Å². The fourth-order valence-electron chi connectivity index (χ4n) is 0.454. The molecule has 0 bridgehead atoms. The molecule has 0 aliphatic rings. The van der Waals surface area contributed by atoms with E-state index in [1.165, 1.54) is 0 Å². The van der Waals surface area contributed by atoms with E-state index in [4.69, 9.17) is 4.55 Å². The van der Waals surface area contributed by atoms with Gasteiger partial charge < -0.3 is 4.90 Å². The van der Waals surface area contributed by atoms with E-state index in [2.05, 4.69) is 0 Å². The zero-order valence-corrected chi connectivity index (χ0v) is 7.22. The smallest absolute Gasteiger partial charge is 0.266 e. The highest BCUT2D eigenvalue weighted by Gasteiger charge is 2.12. The third-order valence-electron chi connectivity index (χ3n) is 1.33. The summed E-state index contributed by atoms with van der Waals surface area (Å²) in [5.74, 6) is -0.208. The van der Waals surface area contributed by atoms with Gasteiger partial charge in [0.2, 0.25) is 0 Å². The summed E-state index contributed by atoms with van der Waals surface area (Å²) in [4.78, 5) is 1.73. The molecule has 62 valence electrons. The average Bonchev–Trinajstić information content (AvgIpc) is 1.60. The van der Waals surface area contributed by atoms with Crippen LogP contribution in [0.15, 0.2) is 0 Å². The minimum atomic E-state index is -3.81. The van der Waals surface area contributed by atoms with Crippen molar-refractivity contribution >= 4 is 10.1 Å². The maximum atomic E-state index is 10.3. The number of nitrogens with zero attached hydrogens (tertiary/aromatic N) is 1. The fourth-order valence-corrected chi connectivity index (χ4v) is 1.36. The molecule has 0 saturated heterocycles. The van der Waals surface area contributed by atoms with E-state index in [0.29, 0.717) is 0 Å². The first kappa shape index (κ1) is 9.87. The minimum absolute atomic E-state index is 0.144. The highest BCUT2D eigenvalue weighted by Crippen LogP contribution is 1.95. The first-order valence-corrected chi connectivity index (χ1v) is 4.55. The van der Waals surface area contributed by atoms with Crippen molar-refractivity contribution in [3.63, 3.8) is 0 Å². The Bertz CT molecular complexity index is 185. The van der Waals surface area contributed by atoms with Gasteiger partial charge in [0.05, 0.1) is 5.75 Å². The summed E-state index contributed by atoms with van der Waals surface area (Å²) in [6, 6.07) is -0.144. The molecule has 0 saturated carbocycles. The van der Waals surface area contributed by atoms with Gasteiger partial charge in [-0.1, -0.05) is 0 Å². The lowest BCUT2D eigenvalue weighted by Crippen LogP contribution is -2.31. The van der Waals surface area contributed by atoms with Crippen molar-refractivity contribution in [3.05, 3.63) is 0 Å². The zero-order valence-electron chi connectivity index (χ0n) is 6.40. The minimum Gasteiger partial charge on any atom is -0.306 e. The molecular formula is C5H13NO3S. The molecular weight excluding hydrogens is 154 g/mol. The first-order chi connectivity index (χ1) is 4.33. The molecule has 0 spiro atoms. The monoisotopic (exact) mass is 167 g/mol. The summed E-state index contributed by atoms with van der Waals surface area (Å²) >= 11 is 0. The van der Waals surface area contributed by atoms with Crippen molar-refractivity contribution in [2.24, 2.45) is 0 Å². The number of rotatable bonds is 3. The van der Waals surface area contributed by atoms with Crippen LogP contribution in [-0.2, 0) is 10.1 Å². The van der Waals surface area contributed by atoms with Gasteiger partial charge >= 0.3 is 0 Å². The van der Waals surface area contributed by atoms with Crippen LogP contribution in [-0.4, -0.2) is 43.8 Å². The Kier molecular flexibility index (Phi) is 3.27. The number of hydrogen-bond acceptors (Lipinski definition) is 3. The van der Waals surface area contributed by atoms with Gasteiger partial charge in [-0.05, 0) is 21.0 Å². The Hall–Kier alpha value is -0.130. The van der Waals surface area contributed by atoms with Gasteiger partial charge in [0.25, 0.3) is 10.1 Å². The summed E-state index contributed by atoms with van der Waals surface area (Å²) in [6.45, 7) is 1.73. The molecule has 1 atom stereocenters. The highest BCUT2D eigenvalue weighted by molar-refractivity contribution is 7.85. The SMILES string of the molecule is CC(CS(=O)(=O)O)N(C)C. The lowest BCUT2D eigenvalue weighted by Gasteiger charge is -2.17. The van der Waals surface area contributed by atoms with E-state index in [1.54, 1.807) is 25.9 Å². The van der Waals surface area contributed by atoms with Gasteiger partial charge in [0.1, 0.15) is 0 Å². The molecule has 1 unspecified atom stereocenters. The lowest BCUT2D eigenvalue weighted by molar-refractivity contribution is 0.330.